The van der Waals surface area contributed by atoms with Gasteiger partial charge in [0.1, 0.15) is 11.4 Å². The average Bonchev–Trinajstić information content (AvgIpc) is 3.30. The van der Waals surface area contributed by atoms with Crippen molar-refractivity contribution in [3.8, 4) is 0 Å². The number of hydrogen-bond acceptors (Lipinski definition) is 6. The minimum Gasteiger partial charge on any atom is -0.495 e. The van der Waals surface area contributed by atoms with Gasteiger partial charge in [0.05, 0.1) is 38.6 Å². The van der Waals surface area contributed by atoms with Crippen LogP contribution in [0.2, 0.25) is 0 Å². The SMILES string of the molecule is C=C(/C=C\C(=C)N1CCCC1C)C(=C)N(C[C@@H]1CN(C(=O)OC(C)(C)C)CCO1)/C(C(=C)C)=C(/C=C\C)OC. The van der Waals surface area contributed by atoms with Crippen molar-refractivity contribution in [2.24, 2.45) is 0 Å². The largest absolute Gasteiger partial charge is 0.495 e. The topological polar surface area (TPSA) is 54.5 Å². The van der Waals surface area contributed by atoms with Gasteiger partial charge in [-0.15, -0.1) is 0 Å². The third kappa shape index (κ3) is 9.20. The molecule has 0 saturated carbocycles. The fourth-order valence-corrected chi connectivity index (χ4v) is 4.75. The Morgan fingerprint density at radius 1 is 1.13 bits per heavy atom. The Bertz CT molecular complexity index is 1030. The first kappa shape index (κ1) is 32.0. The summed E-state index contributed by atoms with van der Waals surface area (Å²) in [6, 6.07) is 0.481. The summed E-state index contributed by atoms with van der Waals surface area (Å²) in [5, 5.41) is 0. The molecule has 0 bridgehead atoms. The monoisotopic (exact) mass is 539 g/mol. The van der Waals surface area contributed by atoms with Gasteiger partial charge in [-0.3, -0.25) is 0 Å². The highest BCUT2D eigenvalue weighted by Gasteiger charge is 2.31. The summed E-state index contributed by atoms with van der Waals surface area (Å²) in [7, 11) is 1.64. The molecule has 2 aliphatic heterocycles. The van der Waals surface area contributed by atoms with E-state index >= 15 is 0 Å². The molecule has 2 fully saturated rings. The number of allylic oxidation sites excluding steroid dienone is 5. The molecule has 2 heterocycles. The van der Waals surface area contributed by atoms with Gasteiger partial charge in [0.2, 0.25) is 0 Å². The summed E-state index contributed by atoms with van der Waals surface area (Å²) in [5.74, 6) is 0.651. The van der Waals surface area contributed by atoms with Gasteiger partial charge in [-0.2, -0.15) is 0 Å². The molecule has 216 valence electrons. The first-order valence-corrected chi connectivity index (χ1v) is 13.7. The van der Waals surface area contributed by atoms with Crippen LogP contribution >= 0.6 is 0 Å². The molecule has 1 unspecified atom stereocenters. The molecule has 2 saturated heterocycles. The molecule has 0 aliphatic carbocycles. The number of morpholine rings is 1. The molecule has 0 spiro atoms. The van der Waals surface area contributed by atoms with Crippen LogP contribution in [0.15, 0.2) is 84.6 Å². The molecule has 2 atom stereocenters. The van der Waals surface area contributed by atoms with E-state index in [9.17, 15) is 4.79 Å². The van der Waals surface area contributed by atoms with Crippen molar-refractivity contribution in [2.45, 2.75) is 72.1 Å². The molecule has 39 heavy (non-hydrogen) atoms. The van der Waals surface area contributed by atoms with E-state index in [0.717, 1.165) is 29.1 Å². The van der Waals surface area contributed by atoms with Crippen LogP contribution in [0.5, 0.6) is 0 Å². The molecule has 7 heteroatoms. The standard InChI is InChI=1S/C32H49N3O4/c1-12-14-29(37-11)30(23(2)3)35(22-28-21-33(19-20-38-28)31(36)39-32(8,9)10)27(7)24(4)16-17-26(6)34-18-13-15-25(34)5/h12,14,16-17,25,28H,2,4,6-7,13,15,18-22H2,1,3,5,8-11H3/b14-12-,17-16-,30-29-/t25?,28-/m0/s1. The zero-order chi connectivity index (χ0) is 29.3. The summed E-state index contributed by atoms with van der Waals surface area (Å²) in [5.41, 5.74) is 3.40. The van der Waals surface area contributed by atoms with Gasteiger partial charge in [0.25, 0.3) is 0 Å². The lowest BCUT2D eigenvalue weighted by atomic mass is 10.1. The smallest absolute Gasteiger partial charge is 0.410 e. The Hall–Kier alpha value is -3.19. The predicted molar refractivity (Wildman–Crippen MR) is 160 cm³/mol. The highest BCUT2D eigenvalue weighted by atomic mass is 16.6. The molecular formula is C32H49N3O4. The first-order chi connectivity index (χ1) is 18.3. The minimum absolute atomic E-state index is 0.293. The molecule has 0 aromatic carbocycles. The van der Waals surface area contributed by atoms with E-state index in [4.69, 9.17) is 14.2 Å². The Morgan fingerprint density at radius 2 is 1.82 bits per heavy atom. The molecular weight excluding hydrogens is 490 g/mol. The van der Waals surface area contributed by atoms with Crippen molar-refractivity contribution in [2.75, 3.05) is 39.9 Å². The second-order valence-corrected chi connectivity index (χ2v) is 11.2. The number of rotatable bonds is 11. The van der Waals surface area contributed by atoms with Gasteiger partial charge in [-0.1, -0.05) is 38.5 Å². The lowest BCUT2D eigenvalue weighted by Gasteiger charge is -2.38. The second kappa shape index (κ2) is 14.3. The minimum atomic E-state index is -0.568. The summed E-state index contributed by atoms with van der Waals surface area (Å²) in [4.78, 5) is 18.8. The summed E-state index contributed by atoms with van der Waals surface area (Å²) < 4.78 is 17.5. The van der Waals surface area contributed by atoms with E-state index in [0.29, 0.717) is 43.7 Å². The number of methoxy groups -OCH3 is 1. The second-order valence-electron chi connectivity index (χ2n) is 11.2. The van der Waals surface area contributed by atoms with Crippen molar-refractivity contribution in [1.29, 1.82) is 0 Å². The maximum atomic E-state index is 12.8. The quantitative estimate of drug-likeness (QED) is 0.219. The van der Waals surface area contributed by atoms with Gasteiger partial charge in [-0.05, 0) is 77.7 Å². The number of nitrogens with zero attached hydrogens (tertiary/aromatic N) is 3. The molecule has 0 aromatic rings. The van der Waals surface area contributed by atoms with Crippen molar-refractivity contribution >= 4 is 6.09 Å². The lowest BCUT2D eigenvalue weighted by Crippen LogP contribution is -2.50. The van der Waals surface area contributed by atoms with E-state index in [1.165, 1.54) is 12.8 Å². The van der Waals surface area contributed by atoms with E-state index in [2.05, 4.69) is 38.1 Å². The van der Waals surface area contributed by atoms with Gasteiger partial charge >= 0.3 is 6.09 Å². The Morgan fingerprint density at radius 3 is 2.36 bits per heavy atom. The zero-order valence-electron chi connectivity index (χ0n) is 25.2. The maximum absolute atomic E-state index is 12.8. The Kier molecular flexibility index (Phi) is 11.7. The van der Waals surface area contributed by atoms with Crippen LogP contribution in [0.3, 0.4) is 0 Å². The highest BCUT2D eigenvalue weighted by Crippen LogP contribution is 2.29. The molecule has 1 amide bonds. The molecule has 7 nitrogen and oxygen atoms in total. The van der Waals surface area contributed by atoms with Crippen LogP contribution < -0.4 is 0 Å². The average molecular weight is 540 g/mol. The van der Waals surface area contributed by atoms with E-state index in [1.807, 2.05) is 63.8 Å². The van der Waals surface area contributed by atoms with Crippen LogP contribution in [0, 0.1) is 0 Å². The van der Waals surface area contributed by atoms with Crippen LogP contribution in [-0.2, 0) is 14.2 Å². The number of amides is 1. The summed E-state index contributed by atoms with van der Waals surface area (Å²) >= 11 is 0. The normalized spacial score (nSPS) is 20.7. The number of carbonyl (C=O) groups excluding carboxylic acids is 1. The maximum Gasteiger partial charge on any atom is 0.410 e. The van der Waals surface area contributed by atoms with Crippen LogP contribution in [-0.4, -0.2) is 78.4 Å². The molecule has 0 N–H and O–H groups in total. The fourth-order valence-electron chi connectivity index (χ4n) is 4.75. The fraction of sp³-hybridized carbons (Fsp3) is 0.531. The van der Waals surface area contributed by atoms with Crippen molar-refractivity contribution < 1.29 is 19.0 Å². The van der Waals surface area contributed by atoms with Crippen LogP contribution in [0.1, 0.15) is 54.4 Å². The number of likely N-dealkylation sites (tertiary alicyclic amines) is 1. The van der Waals surface area contributed by atoms with Gasteiger partial charge in [-0.25, -0.2) is 4.79 Å². The number of ether oxygens (including phenoxy) is 3. The zero-order valence-corrected chi connectivity index (χ0v) is 25.2. The van der Waals surface area contributed by atoms with E-state index in [1.54, 1.807) is 12.0 Å². The predicted octanol–water partition coefficient (Wildman–Crippen LogP) is 6.56. The Labute approximate surface area is 236 Å². The van der Waals surface area contributed by atoms with Gasteiger partial charge in [0, 0.05) is 30.5 Å². The number of hydrogen-bond donors (Lipinski definition) is 0. The Balaban J connectivity index is 2.35. The highest BCUT2D eigenvalue weighted by molar-refractivity contribution is 5.68. The van der Waals surface area contributed by atoms with Crippen LogP contribution in [0.25, 0.3) is 0 Å². The molecule has 2 aliphatic rings. The molecule has 0 radical (unpaired) electrons. The van der Waals surface area contributed by atoms with Crippen molar-refractivity contribution in [1.82, 2.24) is 14.7 Å². The summed E-state index contributed by atoms with van der Waals surface area (Å²) in [6.45, 7) is 31.6. The van der Waals surface area contributed by atoms with Gasteiger partial charge in [0.15, 0.2) is 0 Å². The van der Waals surface area contributed by atoms with E-state index in [-0.39, 0.29) is 12.2 Å². The third-order valence-electron chi connectivity index (χ3n) is 6.72. The molecule has 2 rings (SSSR count). The summed E-state index contributed by atoms with van der Waals surface area (Å²) in [6.07, 6.45) is 9.48. The first-order valence-electron chi connectivity index (χ1n) is 13.7. The van der Waals surface area contributed by atoms with Gasteiger partial charge < -0.3 is 28.9 Å². The molecule has 0 aromatic heterocycles. The lowest BCUT2D eigenvalue weighted by molar-refractivity contribution is -0.0473. The van der Waals surface area contributed by atoms with Crippen molar-refractivity contribution in [3.05, 3.63) is 84.6 Å². The third-order valence-corrected chi connectivity index (χ3v) is 6.72. The van der Waals surface area contributed by atoms with Crippen molar-refractivity contribution in [3.63, 3.8) is 0 Å². The van der Waals surface area contributed by atoms with Crippen LogP contribution in [0.4, 0.5) is 4.79 Å². The van der Waals surface area contributed by atoms with E-state index < -0.39 is 5.60 Å². The number of carbonyl (C=O) groups is 1.